The van der Waals surface area contributed by atoms with Crippen molar-refractivity contribution < 1.29 is 17.6 Å². The van der Waals surface area contributed by atoms with E-state index in [-0.39, 0.29) is 22.9 Å². The average Bonchev–Trinajstić information content (AvgIpc) is 3.38. The smallest absolute Gasteiger partial charge is 0.249 e. The molecule has 2 saturated heterocycles. The van der Waals surface area contributed by atoms with Crippen molar-refractivity contribution in [3.8, 4) is 0 Å². The number of likely N-dealkylation sites (tertiary alicyclic amines) is 1. The Labute approximate surface area is 168 Å². The number of hydrogen-bond acceptors (Lipinski definition) is 7. The van der Waals surface area contributed by atoms with Crippen molar-refractivity contribution in [2.45, 2.75) is 41.8 Å². The second-order valence-corrected chi connectivity index (χ2v) is 9.60. The van der Waals surface area contributed by atoms with Gasteiger partial charge >= 0.3 is 0 Å². The molecule has 2 aliphatic rings. The number of carbonyl (C=O) groups is 1. The SMILES string of the molecule is Cn1cnnc1S(=O)(=O)C1CCN(C(=O)C2CC(c3ccc(F)cc3)NN2)CC1. The molecule has 4 rings (SSSR count). The Bertz CT molecular complexity index is 985. The van der Waals surface area contributed by atoms with Gasteiger partial charge in [0.15, 0.2) is 0 Å². The summed E-state index contributed by atoms with van der Waals surface area (Å²) in [6.07, 6.45) is 2.63. The fraction of sp³-hybridized carbons (Fsp3) is 0.500. The molecule has 2 aliphatic heterocycles. The maximum atomic E-state index is 13.1. The van der Waals surface area contributed by atoms with Crippen molar-refractivity contribution in [3.05, 3.63) is 42.0 Å². The third kappa shape index (κ3) is 3.89. The molecule has 0 bridgehead atoms. The summed E-state index contributed by atoms with van der Waals surface area (Å²) in [6, 6.07) is 5.70. The number of rotatable bonds is 4. The summed E-state index contributed by atoms with van der Waals surface area (Å²) < 4.78 is 40.0. The Kier molecular flexibility index (Phi) is 5.36. The van der Waals surface area contributed by atoms with Crippen molar-refractivity contribution in [2.24, 2.45) is 7.05 Å². The average molecular weight is 422 g/mol. The van der Waals surface area contributed by atoms with E-state index in [1.807, 2.05) is 0 Å². The predicted molar refractivity (Wildman–Crippen MR) is 102 cm³/mol. The molecule has 29 heavy (non-hydrogen) atoms. The number of nitrogens with one attached hydrogen (secondary N) is 2. The monoisotopic (exact) mass is 422 g/mol. The van der Waals surface area contributed by atoms with Gasteiger partial charge in [-0.15, -0.1) is 10.2 Å². The van der Waals surface area contributed by atoms with Gasteiger partial charge in [-0.05, 0) is 37.0 Å². The summed E-state index contributed by atoms with van der Waals surface area (Å²) >= 11 is 0. The molecule has 0 saturated carbocycles. The van der Waals surface area contributed by atoms with E-state index in [2.05, 4.69) is 21.0 Å². The van der Waals surface area contributed by atoms with Gasteiger partial charge in [0.05, 0.1) is 5.25 Å². The molecule has 11 heteroatoms. The topological polar surface area (TPSA) is 109 Å². The zero-order valence-electron chi connectivity index (χ0n) is 16.0. The van der Waals surface area contributed by atoms with Crippen LogP contribution in [-0.2, 0) is 21.7 Å². The van der Waals surface area contributed by atoms with Crippen LogP contribution in [0.25, 0.3) is 0 Å². The second kappa shape index (κ2) is 7.81. The number of amides is 1. The van der Waals surface area contributed by atoms with Gasteiger partial charge in [0.1, 0.15) is 18.2 Å². The number of sulfone groups is 1. The maximum absolute atomic E-state index is 13.1. The second-order valence-electron chi connectivity index (χ2n) is 7.48. The minimum absolute atomic E-state index is 0.0360. The van der Waals surface area contributed by atoms with Gasteiger partial charge in [0, 0.05) is 26.2 Å². The van der Waals surface area contributed by atoms with E-state index in [9.17, 15) is 17.6 Å². The van der Waals surface area contributed by atoms with E-state index in [1.165, 1.54) is 23.0 Å². The first-order valence-corrected chi connectivity index (χ1v) is 11.0. The number of benzene rings is 1. The molecule has 3 heterocycles. The third-order valence-corrected chi connectivity index (χ3v) is 7.82. The molecule has 9 nitrogen and oxygen atoms in total. The van der Waals surface area contributed by atoms with Crippen molar-refractivity contribution in [3.63, 3.8) is 0 Å². The van der Waals surface area contributed by atoms with Gasteiger partial charge in [-0.2, -0.15) is 0 Å². The fourth-order valence-corrected chi connectivity index (χ4v) is 5.66. The molecule has 1 aromatic heterocycles. The van der Waals surface area contributed by atoms with Crippen LogP contribution in [0.15, 0.2) is 35.7 Å². The summed E-state index contributed by atoms with van der Waals surface area (Å²) in [5.41, 5.74) is 7.01. The first kappa shape index (κ1) is 19.9. The van der Waals surface area contributed by atoms with Gasteiger partial charge in [-0.25, -0.2) is 23.7 Å². The van der Waals surface area contributed by atoms with Crippen LogP contribution in [0.3, 0.4) is 0 Å². The highest BCUT2D eigenvalue weighted by Crippen LogP contribution is 2.26. The van der Waals surface area contributed by atoms with Gasteiger partial charge in [-0.3, -0.25) is 4.79 Å². The summed E-state index contributed by atoms with van der Waals surface area (Å²) in [5.74, 6) is -0.358. The lowest BCUT2D eigenvalue weighted by atomic mass is 10.0. The van der Waals surface area contributed by atoms with Crippen LogP contribution in [0.1, 0.15) is 30.9 Å². The number of hydrazine groups is 1. The molecular formula is C18H23FN6O3S. The Morgan fingerprint density at radius 3 is 2.48 bits per heavy atom. The van der Waals surface area contributed by atoms with E-state index < -0.39 is 21.1 Å². The molecule has 2 aromatic rings. The quantitative estimate of drug-likeness (QED) is 0.731. The molecule has 0 spiro atoms. The number of aryl methyl sites for hydroxylation is 1. The first-order valence-electron chi connectivity index (χ1n) is 9.49. The molecule has 0 aliphatic carbocycles. The van der Waals surface area contributed by atoms with E-state index in [4.69, 9.17) is 0 Å². The largest absolute Gasteiger partial charge is 0.341 e. The molecule has 2 fully saturated rings. The van der Waals surface area contributed by atoms with Gasteiger partial charge in [0.2, 0.25) is 20.9 Å². The predicted octanol–water partition coefficient (Wildman–Crippen LogP) is 0.327. The van der Waals surface area contributed by atoms with Crippen LogP contribution in [0.4, 0.5) is 4.39 Å². The summed E-state index contributed by atoms with van der Waals surface area (Å²) in [5, 5.41) is 6.76. The van der Waals surface area contributed by atoms with Crippen LogP contribution < -0.4 is 10.9 Å². The van der Waals surface area contributed by atoms with E-state index >= 15 is 0 Å². The number of piperidine rings is 1. The van der Waals surface area contributed by atoms with Gasteiger partial charge < -0.3 is 9.47 Å². The standard InChI is InChI=1S/C18H23FN6O3S/c1-24-11-20-23-18(24)29(27,28)14-6-8-25(9-7-14)17(26)16-10-15(21-22-16)12-2-4-13(19)5-3-12/h2-5,11,14-16,21-22H,6-10H2,1H3. The highest BCUT2D eigenvalue weighted by atomic mass is 32.2. The lowest BCUT2D eigenvalue weighted by Crippen LogP contribution is -2.50. The maximum Gasteiger partial charge on any atom is 0.249 e. The van der Waals surface area contributed by atoms with Crippen molar-refractivity contribution in [1.82, 2.24) is 30.5 Å². The minimum atomic E-state index is -3.57. The van der Waals surface area contributed by atoms with E-state index in [0.29, 0.717) is 32.4 Å². The summed E-state index contributed by atoms with van der Waals surface area (Å²) in [6.45, 7) is 0.750. The van der Waals surface area contributed by atoms with Gasteiger partial charge in [-0.1, -0.05) is 12.1 Å². The molecule has 0 radical (unpaired) electrons. The van der Waals surface area contributed by atoms with Crippen molar-refractivity contribution in [2.75, 3.05) is 13.1 Å². The lowest BCUT2D eigenvalue weighted by Gasteiger charge is -2.32. The minimum Gasteiger partial charge on any atom is -0.341 e. The van der Waals surface area contributed by atoms with Crippen LogP contribution in [0.5, 0.6) is 0 Å². The summed E-state index contributed by atoms with van der Waals surface area (Å²) in [4.78, 5) is 14.6. The molecule has 2 unspecified atom stereocenters. The molecule has 1 aromatic carbocycles. The van der Waals surface area contributed by atoms with Crippen LogP contribution in [-0.4, -0.2) is 58.4 Å². The number of nitrogens with zero attached hydrogens (tertiary/aromatic N) is 4. The Hall–Kier alpha value is -2.37. The Morgan fingerprint density at radius 2 is 1.86 bits per heavy atom. The zero-order valence-corrected chi connectivity index (χ0v) is 16.8. The Morgan fingerprint density at radius 1 is 1.17 bits per heavy atom. The first-order chi connectivity index (χ1) is 13.9. The van der Waals surface area contributed by atoms with Crippen LogP contribution in [0, 0.1) is 5.82 Å². The molecule has 1 amide bonds. The fourth-order valence-electron chi connectivity index (χ4n) is 3.92. The van der Waals surface area contributed by atoms with Crippen molar-refractivity contribution in [1.29, 1.82) is 0 Å². The summed E-state index contributed by atoms with van der Waals surface area (Å²) in [7, 11) is -1.97. The Balaban J connectivity index is 1.35. The van der Waals surface area contributed by atoms with Crippen LogP contribution in [0.2, 0.25) is 0 Å². The number of hydrogen-bond donors (Lipinski definition) is 2. The highest BCUT2D eigenvalue weighted by molar-refractivity contribution is 7.91. The van der Waals surface area contributed by atoms with Crippen molar-refractivity contribution >= 4 is 15.7 Å². The zero-order chi connectivity index (χ0) is 20.6. The normalized spacial score (nSPS) is 23.4. The van der Waals surface area contributed by atoms with E-state index in [0.717, 1.165) is 5.56 Å². The highest BCUT2D eigenvalue weighted by Gasteiger charge is 2.38. The van der Waals surface area contributed by atoms with E-state index in [1.54, 1.807) is 24.1 Å². The molecule has 2 N–H and O–H groups in total. The molecule has 156 valence electrons. The number of carbonyl (C=O) groups excluding carboxylic acids is 1. The number of aromatic nitrogens is 3. The lowest BCUT2D eigenvalue weighted by molar-refractivity contribution is -0.134. The molecule has 2 atom stereocenters. The van der Waals surface area contributed by atoms with Crippen LogP contribution >= 0.6 is 0 Å². The molecular weight excluding hydrogens is 399 g/mol. The van der Waals surface area contributed by atoms with Gasteiger partial charge in [0.25, 0.3) is 0 Å². The number of halogens is 1. The third-order valence-electron chi connectivity index (χ3n) is 5.59.